The van der Waals surface area contributed by atoms with Crippen LogP contribution in [0.3, 0.4) is 0 Å². The zero-order valence-corrected chi connectivity index (χ0v) is 23.5. The summed E-state index contributed by atoms with van der Waals surface area (Å²) in [5, 5.41) is 8.27. The summed E-state index contributed by atoms with van der Waals surface area (Å²) in [6.07, 6.45) is 5.79. The number of thiazole rings is 1. The van der Waals surface area contributed by atoms with Crippen LogP contribution in [0.5, 0.6) is 0 Å². The monoisotopic (exact) mass is 559 g/mol. The maximum Gasteiger partial charge on any atom is 0.353 e. The highest BCUT2D eigenvalue weighted by Gasteiger charge is 2.50. The first-order valence-corrected chi connectivity index (χ1v) is 13.9. The van der Waals surface area contributed by atoms with Gasteiger partial charge in [-0.1, -0.05) is 11.2 Å². The van der Waals surface area contributed by atoms with Crippen LogP contribution in [-0.2, 0) is 30.5 Å². The number of nitrogens with two attached hydrogens (primary N) is 1. The number of nitrogens with one attached hydrogen (secondary N) is 1. The average Bonchev–Trinajstić information content (AvgIpc) is 3.28. The topological polar surface area (TPSA) is 140 Å². The molecule has 0 aromatic carbocycles. The van der Waals surface area contributed by atoms with Crippen LogP contribution in [0.25, 0.3) is 0 Å². The number of hydrogen-bond acceptors (Lipinski definition) is 10. The van der Waals surface area contributed by atoms with Crippen LogP contribution >= 0.6 is 23.1 Å². The number of hydrogen-bond donors (Lipinski definition) is 2. The number of β-lactam (4-membered cyclic amide) rings is 1. The molecule has 0 spiro atoms. The fraction of sp³-hybridized carbons (Fsp3) is 0.440. The minimum absolute atomic E-state index is 0.173. The molecule has 4 heterocycles. The zero-order chi connectivity index (χ0) is 27.7. The van der Waals surface area contributed by atoms with Gasteiger partial charge in [-0.3, -0.25) is 9.59 Å². The largest absolute Gasteiger partial charge is 0.457 e. The summed E-state index contributed by atoms with van der Waals surface area (Å²) in [7, 11) is 0. The predicted octanol–water partition coefficient (Wildman–Crippen LogP) is 1.84. The number of carbonyl (C=O) groups excluding carboxylic acids is 3. The molecule has 2 aliphatic heterocycles. The average molecular weight is 560 g/mol. The molecule has 202 valence electrons. The Kier molecular flexibility index (Phi) is 7.79. The molecular weight excluding hydrogens is 528 g/mol. The van der Waals surface area contributed by atoms with E-state index in [2.05, 4.69) is 15.5 Å². The number of ether oxygens (including phenoxy) is 1. The summed E-state index contributed by atoms with van der Waals surface area (Å²) in [5.41, 5.74) is 4.62. The van der Waals surface area contributed by atoms with Gasteiger partial charge in [-0.15, -0.1) is 23.1 Å². The molecule has 1 saturated heterocycles. The fourth-order valence-corrected chi connectivity index (χ4v) is 5.43. The first-order chi connectivity index (χ1) is 17.8. The van der Waals surface area contributed by atoms with Crippen LogP contribution in [0.2, 0.25) is 0 Å². The third kappa shape index (κ3) is 6.33. The Labute approximate surface area is 229 Å². The number of esters is 1. The van der Waals surface area contributed by atoms with Crippen LogP contribution in [0.4, 0.5) is 5.13 Å². The van der Waals surface area contributed by atoms with Crippen molar-refractivity contribution in [3.63, 3.8) is 0 Å². The summed E-state index contributed by atoms with van der Waals surface area (Å²) in [6, 6.07) is 5.11. The van der Waals surface area contributed by atoms with Gasteiger partial charge in [0.25, 0.3) is 11.8 Å². The van der Waals surface area contributed by atoms with Gasteiger partial charge in [0.1, 0.15) is 22.7 Å². The van der Waals surface area contributed by atoms with Gasteiger partial charge >= 0.3 is 5.97 Å². The minimum Gasteiger partial charge on any atom is -0.457 e. The molecule has 0 radical (unpaired) electrons. The molecule has 2 aliphatic rings. The molecule has 38 heavy (non-hydrogen) atoms. The summed E-state index contributed by atoms with van der Waals surface area (Å²) in [6.45, 7) is 8.86. The number of nitrogen functional groups attached to an aromatic ring is 1. The second-order valence-corrected chi connectivity index (χ2v) is 12.3. The highest BCUT2D eigenvalue weighted by Crippen LogP contribution is 2.36. The van der Waals surface area contributed by atoms with E-state index in [0.29, 0.717) is 6.54 Å². The zero-order valence-electron chi connectivity index (χ0n) is 21.8. The standard InChI is InChI=1S/C25H30N6O5S2/c1-24(2,3)35-22(34)25(4,5)36-29-17(16-14-38-23(26)27-16)19(32)28-18-20(33)31-12-15(13-37-21(18)31)11-30-9-7-6-8-10-30/h6-10,12,14,18,21H,11,13H2,1-5H3,(H2-,26,27,28,32)/p+1/b29-17+. The first kappa shape index (κ1) is 27.6. The number of nitrogens with zero attached hydrogens (tertiary/aromatic N) is 4. The van der Waals surface area contributed by atoms with Crippen molar-refractivity contribution in [1.82, 2.24) is 15.2 Å². The van der Waals surface area contributed by atoms with E-state index in [9.17, 15) is 14.4 Å². The van der Waals surface area contributed by atoms with Gasteiger partial charge in [-0.25, -0.2) is 14.3 Å². The van der Waals surface area contributed by atoms with Gasteiger partial charge in [-0.05, 0) is 34.6 Å². The van der Waals surface area contributed by atoms with Gasteiger partial charge < -0.3 is 25.5 Å². The van der Waals surface area contributed by atoms with E-state index in [1.807, 2.05) is 41.4 Å². The number of amides is 2. The van der Waals surface area contributed by atoms with Crippen molar-refractivity contribution in [2.24, 2.45) is 5.16 Å². The molecule has 2 atom stereocenters. The Morgan fingerprint density at radius 2 is 1.95 bits per heavy atom. The van der Waals surface area contributed by atoms with Gasteiger partial charge in [0.15, 0.2) is 29.8 Å². The van der Waals surface area contributed by atoms with Crippen molar-refractivity contribution in [3.8, 4) is 0 Å². The maximum absolute atomic E-state index is 13.3. The fourth-order valence-electron chi connectivity index (χ4n) is 3.63. The van der Waals surface area contributed by atoms with Gasteiger partial charge in [0.2, 0.25) is 5.60 Å². The number of aromatic nitrogens is 2. The molecule has 2 unspecified atom stereocenters. The van der Waals surface area contributed by atoms with Crippen molar-refractivity contribution < 1.29 is 28.5 Å². The van der Waals surface area contributed by atoms with E-state index in [1.165, 1.54) is 13.8 Å². The van der Waals surface area contributed by atoms with Crippen LogP contribution in [-0.4, -0.2) is 61.7 Å². The Hall–Kier alpha value is -3.45. The number of thioether (sulfide) groups is 1. The highest BCUT2D eigenvalue weighted by atomic mass is 32.2. The van der Waals surface area contributed by atoms with Gasteiger partial charge in [0, 0.05) is 35.0 Å². The van der Waals surface area contributed by atoms with E-state index >= 15 is 0 Å². The molecule has 0 aliphatic carbocycles. The lowest BCUT2D eigenvalue weighted by atomic mass is 10.1. The predicted molar refractivity (Wildman–Crippen MR) is 144 cm³/mol. The smallest absolute Gasteiger partial charge is 0.353 e. The molecular formula is C25H31N6O5S2+. The number of rotatable bonds is 8. The van der Waals surface area contributed by atoms with Crippen molar-refractivity contribution in [2.45, 2.75) is 63.8 Å². The number of carbonyl (C=O) groups is 3. The van der Waals surface area contributed by atoms with Gasteiger partial charge in [0.05, 0.1) is 0 Å². The van der Waals surface area contributed by atoms with Crippen LogP contribution < -0.4 is 15.6 Å². The Morgan fingerprint density at radius 3 is 2.58 bits per heavy atom. The molecule has 1 fully saturated rings. The minimum atomic E-state index is -1.49. The van der Waals surface area contributed by atoms with Crippen molar-refractivity contribution in [1.29, 1.82) is 0 Å². The van der Waals surface area contributed by atoms with E-state index in [0.717, 1.165) is 22.7 Å². The van der Waals surface area contributed by atoms with E-state index in [4.69, 9.17) is 15.3 Å². The van der Waals surface area contributed by atoms with Gasteiger partial charge in [-0.2, -0.15) is 0 Å². The lowest BCUT2D eigenvalue weighted by Gasteiger charge is -2.47. The van der Waals surface area contributed by atoms with Crippen LogP contribution in [0.1, 0.15) is 40.3 Å². The normalized spacial score (nSPS) is 19.7. The number of pyridine rings is 1. The second-order valence-electron chi connectivity index (χ2n) is 10.3. The highest BCUT2D eigenvalue weighted by molar-refractivity contribution is 8.00. The van der Waals surface area contributed by atoms with Crippen LogP contribution in [0, 0.1) is 0 Å². The quantitative estimate of drug-likeness (QED) is 0.164. The molecule has 13 heteroatoms. The summed E-state index contributed by atoms with van der Waals surface area (Å²) < 4.78 is 7.43. The molecule has 3 N–H and O–H groups in total. The molecule has 2 amide bonds. The number of anilines is 1. The Morgan fingerprint density at radius 1 is 1.24 bits per heavy atom. The third-order valence-corrected chi connectivity index (χ3v) is 7.58. The maximum atomic E-state index is 13.3. The molecule has 0 saturated carbocycles. The van der Waals surface area contributed by atoms with Crippen molar-refractivity contribution >= 4 is 51.7 Å². The molecule has 2 aromatic rings. The third-order valence-electron chi connectivity index (χ3n) is 5.53. The summed E-state index contributed by atoms with van der Waals surface area (Å²) >= 11 is 2.70. The number of fused-ring (bicyclic) bond motifs is 1. The first-order valence-electron chi connectivity index (χ1n) is 11.9. The van der Waals surface area contributed by atoms with E-state index in [1.54, 1.807) is 42.8 Å². The Balaban J connectivity index is 1.46. The lowest BCUT2D eigenvalue weighted by Crippen LogP contribution is -2.69. The summed E-state index contributed by atoms with van der Waals surface area (Å²) in [4.78, 5) is 50.0. The lowest BCUT2D eigenvalue weighted by molar-refractivity contribution is -0.689. The molecule has 4 rings (SSSR count). The molecule has 11 nitrogen and oxygen atoms in total. The van der Waals surface area contributed by atoms with Crippen molar-refractivity contribution in [2.75, 3.05) is 11.5 Å². The number of oxime groups is 1. The Bertz CT molecular complexity index is 1280. The molecule has 2 aromatic heterocycles. The van der Waals surface area contributed by atoms with Crippen LogP contribution in [0.15, 0.2) is 52.9 Å². The summed E-state index contributed by atoms with van der Waals surface area (Å²) in [5.74, 6) is -0.813. The van der Waals surface area contributed by atoms with E-state index in [-0.39, 0.29) is 27.8 Å². The van der Waals surface area contributed by atoms with Crippen molar-refractivity contribution in [3.05, 3.63) is 53.4 Å². The SMILES string of the molecule is CC(C)(C)OC(=O)C(C)(C)O/N=C(/C(=O)NC1C(=O)N2C=C(C[n+]3ccccc3)CSC12)c1csc(N)n1. The van der Waals surface area contributed by atoms with E-state index < -0.39 is 29.1 Å². The second kappa shape index (κ2) is 10.7. The molecule has 0 bridgehead atoms.